The summed E-state index contributed by atoms with van der Waals surface area (Å²) in [7, 11) is -2.06. The number of aromatic nitrogens is 1. The quantitative estimate of drug-likeness (QED) is 0.335. The van der Waals surface area contributed by atoms with Crippen LogP contribution in [-0.4, -0.2) is 18.4 Å². The zero-order chi connectivity index (χ0) is 29.7. The minimum absolute atomic E-state index is 0.00513. The minimum Gasteiger partial charge on any atom is -0.410 e. The van der Waals surface area contributed by atoms with Crippen molar-refractivity contribution in [2.45, 2.75) is 148 Å². The lowest BCUT2D eigenvalue weighted by molar-refractivity contribution is 0.105. The largest absolute Gasteiger partial charge is 0.410 e. The Morgan fingerprint density at radius 3 is 2.20 bits per heavy atom. The topological polar surface area (TPSA) is 42.4 Å². The lowest BCUT2D eigenvalue weighted by Crippen LogP contribution is -2.44. The third-order valence-corrected chi connectivity index (χ3v) is 15.1. The summed E-state index contributed by atoms with van der Waals surface area (Å²) in [4.78, 5) is 5.61. The maximum absolute atomic E-state index is 12.4. The van der Waals surface area contributed by atoms with Crippen molar-refractivity contribution in [2.24, 2.45) is 5.41 Å². The monoisotopic (exact) mass is 573 g/mol. The SMILES string of the molecule is CC(C)c1ccc(C(O)c2c(C3CCCC3)nc3c(c2C2=CCCC2)[C@H](O[Si](C)(C)C(C)(C)C)CC(C)(C)C3)cc1. The number of pyridine rings is 1. The second kappa shape index (κ2) is 11.4. The van der Waals surface area contributed by atoms with Crippen molar-refractivity contribution < 1.29 is 9.53 Å². The van der Waals surface area contributed by atoms with Gasteiger partial charge in [-0.15, -0.1) is 0 Å². The molecule has 0 spiro atoms. The number of rotatable bonds is 7. The summed E-state index contributed by atoms with van der Waals surface area (Å²) >= 11 is 0. The van der Waals surface area contributed by atoms with Gasteiger partial charge in [-0.3, -0.25) is 4.98 Å². The molecule has 4 heteroatoms. The molecule has 1 saturated carbocycles. The smallest absolute Gasteiger partial charge is 0.192 e. The van der Waals surface area contributed by atoms with Crippen molar-refractivity contribution in [3.63, 3.8) is 0 Å². The van der Waals surface area contributed by atoms with Crippen LogP contribution in [0.5, 0.6) is 0 Å². The molecule has 0 radical (unpaired) electrons. The number of aliphatic hydroxyl groups is 1. The van der Waals surface area contributed by atoms with Gasteiger partial charge in [0.15, 0.2) is 8.32 Å². The molecular weight excluding hydrogens is 518 g/mol. The Labute approximate surface area is 251 Å². The van der Waals surface area contributed by atoms with Crippen LogP contribution in [0.25, 0.3) is 5.57 Å². The number of hydrogen-bond donors (Lipinski definition) is 1. The molecule has 1 aromatic carbocycles. The standard InChI is InChI=1S/C37H55NO2Si/c1-24(2)25-18-20-28(21-19-25)35(39)33-31(26-14-10-11-15-26)32-29(38-34(33)27-16-12-13-17-27)22-37(6,7)23-30(32)40-41(8,9)36(3,4)5/h14,18-21,24,27,30,35,39H,10-13,15-17,22-23H2,1-9H3/t30-,35?/m1/s1. The molecule has 1 heterocycles. The Bertz CT molecular complexity index is 1280. The van der Waals surface area contributed by atoms with E-state index < -0.39 is 14.4 Å². The Kier molecular flexibility index (Phi) is 8.53. The van der Waals surface area contributed by atoms with E-state index in [0.29, 0.717) is 11.8 Å². The minimum atomic E-state index is -2.06. The van der Waals surface area contributed by atoms with E-state index in [0.717, 1.165) is 36.8 Å². The number of fused-ring (bicyclic) bond motifs is 1. The molecular formula is C37H55NO2Si. The van der Waals surface area contributed by atoms with Gasteiger partial charge in [-0.2, -0.15) is 0 Å². The van der Waals surface area contributed by atoms with Gasteiger partial charge in [0.1, 0.15) is 6.10 Å². The Morgan fingerprint density at radius 2 is 1.63 bits per heavy atom. The van der Waals surface area contributed by atoms with E-state index >= 15 is 0 Å². The zero-order valence-corrected chi connectivity index (χ0v) is 28.4. The summed E-state index contributed by atoms with van der Waals surface area (Å²) in [5.41, 5.74) is 9.93. The summed E-state index contributed by atoms with van der Waals surface area (Å²) in [6, 6.07) is 8.70. The van der Waals surface area contributed by atoms with Crippen molar-refractivity contribution in [3.05, 3.63) is 69.5 Å². The molecule has 1 N–H and O–H groups in total. The fourth-order valence-corrected chi connectivity index (χ4v) is 8.45. The Morgan fingerprint density at radius 1 is 1.00 bits per heavy atom. The summed E-state index contributed by atoms with van der Waals surface area (Å²) in [6.07, 6.45) is 12.0. The van der Waals surface area contributed by atoms with E-state index in [1.54, 1.807) is 0 Å². The van der Waals surface area contributed by atoms with Gasteiger partial charge in [0.25, 0.3) is 0 Å². The van der Waals surface area contributed by atoms with E-state index in [1.807, 2.05) is 0 Å². The van der Waals surface area contributed by atoms with Crippen LogP contribution < -0.4 is 0 Å². The molecule has 3 aliphatic rings. The molecule has 3 aliphatic carbocycles. The maximum Gasteiger partial charge on any atom is 0.192 e. The van der Waals surface area contributed by atoms with Crippen LogP contribution in [0, 0.1) is 5.41 Å². The third-order valence-electron chi connectivity index (χ3n) is 10.6. The van der Waals surface area contributed by atoms with Crippen molar-refractivity contribution >= 4 is 13.9 Å². The number of aliphatic hydroxyl groups excluding tert-OH is 1. The van der Waals surface area contributed by atoms with Gasteiger partial charge in [-0.05, 0) is 96.7 Å². The first-order valence-corrected chi connectivity index (χ1v) is 19.3. The molecule has 0 amide bonds. The molecule has 2 aromatic rings. The van der Waals surface area contributed by atoms with Crippen molar-refractivity contribution in [1.82, 2.24) is 4.98 Å². The molecule has 5 rings (SSSR count). The molecule has 1 aromatic heterocycles. The van der Waals surface area contributed by atoms with E-state index in [4.69, 9.17) is 9.41 Å². The highest BCUT2D eigenvalue weighted by atomic mass is 28.4. The normalized spacial score (nSPS) is 22.2. The van der Waals surface area contributed by atoms with Crippen molar-refractivity contribution in [3.8, 4) is 0 Å². The van der Waals surface area contributed by atoms with E-state index in [-0.39, 0.29) is 16.6 Å². The average Bonchev–Trinajstić information content (AvgIpc) is 3.60. The van der Waals surface area contributed by atoms with E-state index in [1.165, 1.54) is 65.8 Å². The zero-order valence-electron chi connectivity index (χ0n) is 27.4. The van der Waals surface area contributed by atoms with Gasteiger partial charge in [0.05, 0.1) is 11.8 Å². The van der Waals surface area contributed by atoms with Crippen LogP contribution >= 0.6 is 0 Å². The van der Waals surface area contributed by atoms with Crippen molar-refractivity contribution in [1.29, 1.82) is 0 Å². The molecule has 2 atom stereocenters. The van der Waals surface area contributed by atoms with Crippen LogP contribution in [0.3, 0.4) is 0 Å². The highest BCUT2D eigenvalue weighted by Crippen LogP contribution is 2.53. The third kappa shape index (κ3) is 6.17. The first-order valence-electron chi connectivity index (χ1n) is 16.4. The van der Waals surface area contributed by atoms with Gasteiger partial charge in [-0.25, -0.2) is 0 Å². The van der Waals surface area contributed by atoms with Crippen LogP contribution in [0.1, 0.15) is 163 Å². The van der Waals surface area contributed by atoms with Crippen LogP contribution in [0.2, 0.25) is 18.1 Å². The maximum atomic E-state index is 12.4. The van der Waals surface area contributed by atoms with Crippen LogP contribution in [0.15, 0.2) is 30.3 Å². The first kappa shape index (κ1) is 30.7. The van der Waals surface area contributed by atoms with E-state index in [9.17, 15) is 5.11 Å². The highest BCUT2D eigenvalue weighted by Gasteiger charge is 2.45. The number of hydrogen-bond acceptors (Lipinski definition) is 3. The fourth-order valence-electron chi connectivity index (χ4n) is 7.19. The van der Waals surface area contributed by atoms with Gasteiger partial charge in [-0.1, -0.05) is 91.6 Å². The predicted molar refractivity (Wildman–Crippen MR) is 175 cm³/mol. The summed E-state index contributed by atoms with van der Waals surface area (Å²) in [5.74, 6) is 0.891. The predicted octanol–water partition coefficient (Wildman–Crippen LogP) is 10.5. The van der Waals surface area contributed by atoms with Crippen LogP contribution in [-0.2, 0) is 10.8 Å². The second-order valence-electron chi connectivity index (χ2n) is 15.9. The van der Waals surface area contributed by atoms with Gasteiger partial charge in [0, 0.05) is 22.7 Å². The van der Waals surface area contributed by atoms with Gasteiger partial charge in [0.2, 0.25) is 0 Å². The highest BCUT2D eigenvalue weighted by molar-refractivity contribution is 6.74. The first-order chi connectivity index (χ1) is 19.2. The molecule has 3 nitrogen and oxygen atoms in total. The second-order valence-corrected chi connectivity index (χ2v) is 20.6. The fraction of sp³-hybridized carbons (Fsp3) is 0.649. The van der Waals surface area contributed by atoms with Crippen LogP contribution in [0.4, 0.5) is 0 Å². The molecule has 224 valence electrons. The molecule has 41 heavy (non-hydrogen) atoms. The Balaban J connectivity index is 1.76. The average molecular weight is 574 g/mol. The molecule has 0 aliphatic heterocycles. The number of allylic oxidation sites excluding steroid dienone is 2. The lowest BCUT2D eigenvalue weighted by atomic mass is 9.71. The number of benzene rings is 1. The molecule has 0 bridgehead atoms. The lowest BCUT2D eigenvalue weighted by Gasteiger charge is -2.45. The molecule has 1 fully saturated rings. The number of nitrogens with zero attached hydrogens (tertiary/aromatic N) is 1. The van der Waals surface area contributed by atoms with E-state index in [2.05, 4.69) is 91.9 Å². The molecule has 1 unspecified atom stereocenters. The Hall–Kier alpha value is -1.75. The van der Waals surface area contributed by atoms with Crippen molar-refractivity contribution in [2.75, 3.05) is 0 Å². The summed E-state index contributed by atoms with van der Waals surface area (Å²) in [5, 5.41) is 12.5. The summed E-state index contributed by atoms with van der Waals surface area (Å²) in [6.45, 7) is 21.0. The van der Waals surface area contributed by atoms with Gasteiger partial charge < -0.3 is 9.53 Å². The molecule has 0 saturated heterocycles. The van der Waals surface area contributed by atoms with Gasteiger partial charge >= 0.3 is 0 Å². The summed E-state index contributed by atoms with van der Waals surface area (Å²) < 4.78 is 7.34.